The third-order valence-corrected chi connectivity index (χ3v) is 6.57. The van der Waals surface area contributed by atoms with Crippen molar-refractivity contribution < 1.29 is 4.42 Å². The van der Waals surface area contributed by atoms with Crippen LogP contribution in [0.1, 0.15) is 49.4 Å². The van der Waals surface area contributed by atoms with E-state index in [2.05, 4.69) is 74.1 Å². The van der Waals surface area contributed by atoms with E-state index >= 15 is 0 Å². The van der Waals surface area contributed by atoms with E-state index in [4.69, 9.17) is 4.42 Å². The zero-order chi connectivity index (χ0) is 21.3. The van der Waals surface area contributed by atoms with E-state index in [0.29, 0.717) is 6.04 Å². The molecule has 0 aliphatic carbocycles. The van der Waals surface area contributed by atoms with Crippen LogP contribution in [0.5, 0.6) is 0 Å². The molecule has 4 heterocycles. The standard InChI is InChI=1S/C26H27N5O/c1-3-21(27-13-1)23-15-29-25(31-23)20-11-7-18(8-12-20)17-5-9-19(10-6-17)24-16-30-26(32-24)22-4-2-14-28-22/h5-12,15-16,21-22,27-28H,1-4,13-14H2,(H,29,31)/t21-,22-/m0/s1. The second kappa shape index (κ2) is 8.37. The van der Waals surface area contributed by atoms with Crippen LogP contribution in [0.4, 0.5) is 0 Å². The van der Waals surface area contributed by atoms with E-state index in [1.54, 1.807) is 0 Å². The predicted molar refractivity (Wildman–Crippen MR) is 125 cm³/mol. The SMILES string of the molecule is c1cc(-c2ncc([C@@H]3CCCN3)[nH]2)ccc1-c1ccc(-c2cnc([C@@H]3CCCN3)o2)cc1. The average molecular weight is 426 g/mol. The second-order valence-corrected chi connectivity index (χ2v) is 8.70. The van der Waals surface area contributed by atoms with Crippen LogP contribution in [0.2, 0.25) is 0 Å². The Hall–Kier alpha value is -3.22. The maximum atomic E-state index is 6.01. The van der Waals surface area contributed by atoms with Gasteiger partial charge in [0.05, 0.1) is 24.1 Å². The van der Waals surface area contributed by atoms with Gasteiger partial charge in [-0.05, 0) is 49.9 Å². The maximum Gasteiger partial charge on any atom is 0.212 e. The largest absolute Gasteiger partial charge is 0.439 e. The lowest BCUT2D eigenvalue weighted by Gasteiger charge is -2.07. The van der Waals surface area contributed by atoms with Crippen molar-refractivity contribution in [2.75, 3.05) is 13.1 Å². The highest BCUT2D eigenvalue weighted by atomic mass is 16.4. The summed E-state index contributed by atoms with van der Waals surface area (Å²) in [7, 11) is 0. The summed E-state index contributed by atoms with van der Waals surface area (Å²) in [6.45, 7) is 2.12. The minimum atomic E-state index is 0.251. The van der Waals surface area contributed by atoms with Crippen LogP contribution in [0.25, 0.3) is 33.8 Å². The number of oxazole rings is 1. The van der Waals surface area contributed by atoms with Gasteiger partial charge in [0.15, 0.2) is 5.76 Å². The fraction of sp³-hybridized carbons (Fsp3) is 0.308. The number of aromatic amines is 1. The first kappa shape index (κ1) is 19.5. The smallest absolute Gasteiger partial charge is 0.212 e. The molecule has 0 saturated carbocycles. The molecule has 0 bridgehead atoms. The Bertz CT molecular complexity index is 1080. The Morgan fingerprint density at radius 1 is 0.688 bits per heavy atom. The first-order valence-electron chi connectivity index (χ1n) is 11.5. The highest BCUT2D eigenvalue weighted by Gasteiger charge is 2.21. The van der Waals surface area contributed by atoms with Crippen LogP contribution in [0.15, 0.2) is 65.3 Å². The van der Waals surface area contributed by atoms with Gasteiger partial charge in [-0.3, -0.25) is 0 Å². The third-order valence-electron chi connectivity index (χ3n) is 6.57. The van der Waals surface area contributed by atoms with Gasteiger partial charge in [0.2, 0.25) is 5.89 Å². The molecule has 162 valence electrons. The fourth-order valence-corrected chi connectivity index (χ4v) is 4.73. The number of hydrogen-bond donors (Lipinski definition) is 3. The number of benzene rings is 2. The summed E-state index contributed by atoms with van der Waals surface area (Å²) in [6, 6.07) is 17.7. The maximum absolute atomic E-state index is 6.01. The summed E-state index contributed by atoms with van der Waals surface area (Å²) < 4.78 is 6.01. The summed E-state index contributed by atoms with van der Waals surface area (Å²) in [5.74, 6) is 2.54. The van der Waals surface area contributed by atoms with Crippen LogP contribution in [0, 0.1) is 0 Å². The van der Waals surface area contributed by atoms with Crippen LogP contribution in [-0.2, 0) is 0 Å². The van der Waals surface area contributed by atoms with Crippen molar-refractivity contribution in [1.29, 1.82) is 0 Å². The predicted octanol–water partition coefficient (Wildman–Crippen LogP) is 5.25. The van der Waals surface area contributed by atoms with Crippen LogP contribution in [0.3, 0.4) is 0 Å². The minimum Gasteiger partial charge on any atom is -0.439 e. The molecule has 4 aromatic rings. The Balaban J connectivity index is 1.17. The first-order chi connectivity index (χ1) is 15.8. The normalized spacial score (nSPS) is 20.8. The summed E-state index contributed by atoms with van der Waals surface area (Å²) in [6.07, 6.45) is 8.45. The number of H-pyrrole nitrogens is 1. The second-order valence-electron chi connectivity index (χ2n) is 8.70. The van der Waals surface area contributed by atoms with E-state index in [-0.39, 0.29) is 6.04 Å². The summed E-state index contributed by atoms with van der Waals surface area (Å²) in [5, 5.41) is 6.95. The number of nitrogens with one attached hydrogen (secondary N) is 3. The fourth-order valence-electron chi connectivity index (χ4n) is 4.73. The van der Waals surface area contributed by atoms with Crippen molar-refractivity contribution in [1.82, 2.24) is 25.6 Å². The zero-order valence-electron chi connectivity index (χ0n) is 18.0. The molecule has 6 nitrogen and oxygen atoms in total. The van der Waals surface area contributed by atoms with Crippen LogP contribution >= 0.6 is 0 Å². The van der Waals surface area contributed by atoms with Gasteiger partial charge in [0, 0.05) is 17.2 Å². The third kappa shape index (κ3) is 3.76. The van der Waals surface area contributed by atoms with Gasteiger partial charge in [0.1, 0.15) is 5.82 Å². The molecule has 2 aromatic carbocycles. The van der Waals surface area contributed by atoms with Gasteiger partial charge in [-0.15, -0.1) is 0 Å². The molecule has 6 heteroatoms. The van der Waals surface area contributed by atoms with Crippen molar-refractivity contribution in [2.24, 2.45) is 0 Å². The lowest BCUT2D eigenvalue weighted by molar-refractivity contribution is 0.437. The Morgan fingerprint density at radius 2 is 1.31 bits per heavy atom. The van der Waals surface area contributed by atoms with Crippen molar-refractivity contribution in [3.05, 3.63) is 72.5 Å². The molecule has 2 saturated heterocycles. The van der Waals surface area contributed by atoms with Gasteiger partial charge in [-0.2, -0.15) is 0 Å². The lowest BCUT2D eigenvalue weighted by Crippen LogP contribution is -2.12. The lowest BCUT2D eigenvalue weighted by atomic mass is 10.0. The minimum absolute atomic E-state index is 0.251. The molecular formula is C26H27N5O. The van der Waals surface area contributed by atoms with E-state index in [9.17, 15) is 0 Å². The number of aromatic nitrogens is 3. The molecule has 2 atom stereocenters. The van der Waals surface area contributed by atoms with Gasteiger partial charge < -0.3 is 20.0 Å². The molecular weight excluding hydrogens is 398 g/mol. The number of rotatable bonds is 5. The highest BCUT2D eigenvalue weighted by molar-refractivity contribution is 5.70. The van der Waals surface area contributed by atoms with Crippen molar-refractivity contribution in [3.63, 3.8) is 0 Å². The quantitative estimate of drug-likeness (QED) is 0.407. The molecule has 0 radical (unpaired) electrons. The molecule has 0 unspecified atom stereocenters. The van der Waals surface area contributed by atoms with E-state index in [0.717, 1.165) is 48.1 Å². The molecule has 32 heavy (non-hydrogen) atoms. The first-order valence-corrected chi connectivity index (χ1v) is 11.5. The van der Waals surface area contributed by atoms with Crippen molar-refractivity contribution in [2.45, 2.75) is 37.8 Å². The number of nitrogens with zero attached hydrogens (tertiary/aromatic N) is 2. The molecule has 0 spiro atoms. The summed E-state index contributed by atoms with van der Waals surface area (Å²) in [4.78, 5) is 12.6. The summed E-state index contributed by atoms with van der Waals surface area (Å²) in [5.41, 5.74) is 5.68. The molecule has 2 fully saturated rings. The van der Waals surface area contributed by atoms with Crippen molar-refractivity contribution in [3.8, 4) is 33.8 Å². The molecule has 6 rings (SSSR count). The molecule has 2 aliphatic rings. The Morgan fingerprint density at radius 3 is 1.97 bits per heavy atom. The summed E-state index contributed by atoms with van der Waals surface area (Å²) >= 11 is 0. The molecule has 2 aliphatic heterocycles. The monoisotopic (exact) mass is 425 g/mol. The highest BCUT2D eigenvalue weighted by Crippen LogP contribution is 2.30. The van der Waals surface area contributed by atoms with Crippen molar-refractivity contribution >= 4 is 0 Å². The van der Waals surface area contributed by atoms with Crippen LogP contribution in [-0.4, -0.2) is 28.0 Å². The Kier molecular flexibility index (Phi) is 5.09. The zero-order valence-corrected chi connectivity index (χ0v) is 18.0. The molecule has 2 aromatic heterocycles. The topological polar surface area (TPSA) is 78.8 Å². The van der Waals surface area contributed by atoms with Gasteiger partial charge in [-0.25, -0.2) is 9.97 Å². The molecule has 0 amide bonds. The van der Waals surface area contributed by atoms with Crippen LogP contribution < -0.4 is 10.6 Å². The molecule has 3 N–H and O–H groups in total. The number of hydrogen-bond acceptors (Lipinski definition) is 5. The van der Waals surface area contributed by atoms with E-state index < -0.39 is 0 Å². The van der Waals surface area contributed by atoms with E-state index in [1.807, 2.05) is 12.4 Å². The number of imidazole rings is 1. The van der Waals surface area contributed by atoms with Gasteiger partial charge in [0.25, 0.3) is 0 Å². The van der Waals surface area contributed by atoms with Gasteiger partial charge >= 0.3 is 0 Å². The van der Waals surface area contributed by atoms with E-state index in [1.165, 1.54) is 36.1 Å². The van der Waals surface area contributed by atoms with Gasteiger partial charge in [-0.1, -0.05) is 48.5 Å². The Labute approximate surface area is 187 Å². The average Bonchev–Trinajstić information content (AvgIpc) is 3.66.